The fourth-order valence-electron chi connectivity index (χ4n) is 1.25. The van der Waals surface area contributed by atoms with E-state index < -0.39 is 0 Å². The highest BCUT2D eigenvalue weighted by Crippen LogP contribution is 2.29. The van der Waals surface area contributed by atoms with Crippen LogP contribution in [0.15, 0.2) is 23.0 Å². The molecule has 2 heteroatoms. The van der Waals surface area contributed by atoms with E-state index in [-0.39, 0.29) is 12.0 Å². The predicted molar refractivity (Wildman–Crippen MR) is 55.6 cm³/mol. The summed E-state index contributed by atoms with van der Waals surface area (Å²) < 4.78 is 0. The van der Waals surface area contributed by atoms with E-state index in [1.165, 1.54) is 0 Å². The van der Waals surface area contributed by atoms with E-state index >= 15 is 0 Å². The smallest absolute Gasteiger partial charge is 0.0823 e. The zero-order valence-electron chi connectivity index (χ0n) is 9.18. The van der Waals surface area contributed by atoms with Crippen molar-refractivity contribution < 1.29 is 10.2 Å². The topological polar surface area (TPSA) is 40.5 Å². The van der Waals surface area contributed by atoms with Crippen molar-refractivity contribution in [3.63, 3.8) is 0 Å². The van der Waals surface area contributed by atoms with Crippen LogP contribution >= 0.6 is 0 Å². The van der Waals surface area contributed by atoms with E-state index in [0.29, 0.717) is 0 Å². The maximum atomic E-state index is 9.21. The Morgan fingerprint density at radius 2 is 1.69 bits per heavy atom. The van der Waals surface area contributed by atoms with Gasteiger partial charge in [0, 0.05) is 0 Å². The second-order valence-electron chi connectivity index (χ2n) is 4.32. The van der Waals surface area contributed by atoms with Gasteiger partial charge in [-0.3, -0.25) is 0 Å². The van der Waals surface area contributed by atoms with Gasteiger partial charge in [0.05, 0.1) is 12.9 Å². The van der Waals surface area contributed by atoms with Crippen molar-refractivity contribution >= 4 is 0 Å². The Balaban J connectivity index is 5.15. The van der Waals surface area contributed by atoms with Gasteiger partial charge < -0.3 is 10.2 Å². The van der Waals surface area contributed by atoms with E-state index in [1.54, 1.807) is 0 Å². The summed E-state index contributed by atoms with van der Waals surface area (Å²) in [5.41, 5.74) is 2.69. The lowest BCUT2D eigenvalue weighted by Crippen LogP contribution is -2.15. The van der Waals surface area contributed by atoms with Gasteiger partial charge in [-0.15, -0.1) is 0 Å². The van der Waals surface area contributed by atoms with E-state index in [0.717, 1.165) is 23.0 Å². The Kier molecular flexibility index (Phi) is 4.21. The minimum atomic E-state index is -0.0525. The first-order chi connectivity index (χ1) is 5.84. The summed E-state index contributed by atoms with van der Waals surface area (Å²) in [6.07, 6.45) is 1.08. The van der Waals surface area contributed by atoms with E-state index in [1.807, 2.05) is 34.6 Å². The van der Waals surface area contributed by atoms with Crippen molar-refractivity contribution in [2.75, 3.05) is 6.61 Å². The molecule has 0 aromatic heterocycles. The molecule has 0 saturated heterocycles. The van der Waals surface area contributed by atoms with Crippen molar-refractivity contribution in [3.8, 4) is 0 Å². The fraction of sp³-hybridized carbons (Fsp3) is 0.636. The zero-order chi connectivity index (χ0) is 10.6. The maximum Gasteiger partial charge on any atom is 0.0823 e. The Bertz CT molecular complexity index is 229. The molecule has 13 heavy (non-hydrogen) atoms. The maximum absolute atomic E-state index is 9.21. The molecule has 0 aliphatic rings. The number of aliphatic hydroxyl groups is 2. The molecule has 2 N–H and O–H groups in total. The van der Waals surface area contributed by atoms with Crippen LogP contribution in [0.5, 0.6) is 0 Å². The first kappa shape index (κ1) is 12.2. The highest BCUT2D eigenvalue weighted by Gasteiger charge is 2.19. The summed E-state index contributed by atoms with van der Waals surface area (Å²) in [7, 11) is 0. The molecule has 0 radical (unpaired) electrons. The molecule has 0 amide bonds. The van der Waals surface area contributed by atoms with Crippen molar-refractivity contribution in [2.45, 2.75) is 34.6 Å². The van der Waals surface area contributed by atoms with E-state index in [2.05, 4.69) is 0 Å². The summed E-state index contributed by atoms with van der Waals surface area (Å²) in [5.74, 6) is 0. The van der Waals surface area contributed by atoms with Gasteiger partial charge in [0.15, 0.2) is 0 Å². The SMILES string of the molecule is CC(=CO)/C(C)=C(\CO)C(C)(C)C. The molecule has 0 aliphatic heterocycles. The largest absolute Gasteiger partial charge is 0.515 e. The lowest BCUT2D eigenvalue weighted by molar-refractivity contribution is 0.293. The van der Waals surface area contributed by atoms with Gasteiger partial charge in [0.1, 0.15) is 0 Å². The van der Waals surface area contributed by atoms with Crippen LogP contribution in [0.3, 0.4) is 0 Å². The minimum Gasteiger partial charge on any atom is -0.515 e. The van der Waals surface area contributed by atoms with Crippen LogP contribution in [0, 0.1) is 5.41 Å². The summed E-state index contributed by atoms with van der Waals surface area (Å²) >= 11 is 0. The molecule has 0 saturated carbocycles. The molecule has 0 atom stereocenters. The Morgan fingerprint density at radius 3 is 1.92 bits per heavy atom. The molecule has 76 valence electrons. The molecule has 0 aromatic carbocycles. The van der Waals surface area contributed by atoms with Gasteiger partial charge in [-0.2, -0.15) is 0 Å². The van der Waals surface area contributed by atoms with Crippen molar-refractivity contribution in [1.29, 1.82) is 0 Å². The number of hydrogen-bond donors (Lipinski definition) is 2. The number of hydrogen-bond acceptors (Lipinski definition) is 2. The number of rotatable bonds is 2. The van der Waals surface area contributed by atoms with Crippen LogP contribution in [-0.4, -0.2) is 16.8 Å². The third kappa shape index (κ3) is 3.23. The third-order valence-electron chi connectivity index (χ3n) is 2.30. The van der Waals surface area contributed by atoms with Gasteiger partial charge in [0.25, 0.3) is 0 Å². The third-order valence-corrected chi connectivity index (χ3v) is 2.30. The van der Waals surface area contributed by atoms with Gasteiger partial charge in [-0.1, -0.05) is 20.8 Å². The fourth-order valence-corrected chi connectivity index (χ4v) is 1.25. The van der Waals surface area contributed by atoms with Crippen LogP contribution in [0.2, 0.25) is 0 Å². The summed E-state index contributed by atoms with van der Waals surface area (Å²) in [4.78, 5) is 0. The second kappa shape index (κ2) is 4.47. The predicted octanol–water partition coefficient (Wildman–Crippen LogP) is 2.80. The first-order valence-electron chi connectivity index (χ1n) is 4.47. The average Bonchev–Trinajstić information content (AvgIpc) is 2.01. The van der Waals surface area contributed by atoms with E-state index in [9.17, 15) is 5.11 Å². The highest BCUT2D eigenvalue weighted by atomic mass is 16.3. The van der Waals surface area contributed by atoms with Crippen molar-refractivity contribution in [3.05, 3.63) is 23.0 Å². The molecule has 2 nitrogen and oxygen atoms in total. The molecule has 0 bridgehead atoms. The first-order valence-corrected chi connectivity index (χ1v) is 4.47. The number of aliphatic hydroxyl groups excluding tert-OH is 2. The number of allylic oxidation sites excluding steroid dienone is 2. The molecule has 0 fully saturated rings. The normalized spacial score (nSPS) is 15.7. The minimum absolute atomic E-state index is 0.0422. The Hall–Kier alpha value is -0.760. The summed E-state index contributed by atoms with van der Waals surface area (Å²) in [5, 5.41) is 18.0. The van der Waals surface area contributed by atoms with Crippen molar-refractivity contribution in [2.24, 2.45) is 5.41 Å². The van der Waals surface area contributed by atoms with Crippen LogP contribution < -0.4 is 0 Å². The van der Waals surface area contributed by atoms with Crippen LogP contribution in [-0.2, 0) is 0 Å². The molecule has 0 spiro atoms. The lowest BCUT2D eigenvalue weighted by atomic mass is 9.82. The molecule has 0 aromatic rings. The Morgan fingerprint density at radius 1 is 1.23 bits per heavy atom. The van der Waals surface area contributed by atoms with Crippen LogP contribution in [0.4, 0.5) is 0 Å². The Labute approximate surface area is 80.6 Å². The van der Waals surface area contributed by atoms with Gasteiger partial charge in [0.2, 0.25) is 0 Å². The van der Waals surface area contributed by atoms with Gasteiger partial charge in [-0.05, 0) is 36.0 Å². The molecule has 0 heterocycles. The van der Waals surface area contributed by atoms with Gasteiger partial charge in [-0.25, -0.2) is 0 Å². The quantitative estimate of drug-likeness (QED) is 0.511. The monoisotopic (exact) mass is 184 g/mol. The molecule has 0 rings (SSSR count). The highest BCUT2D eigenvalue weighted by molar-refractivity contribution is 5.33. The molecule has 0 unspecified atom stereocenters. The van der Waals surface area contributed by atoms with E-state index in [4.69, 9.17) is 5.11 Å². The van der Waals surface area contributed by atoms with Crippen LogP contribution in [0.25, 0.3) is 0 Å². The lowest BCUT2D eigenvalue weighted by Gasteiger charge is -2.24. The standard InChI is InChI=1S/C11H20O2/c1-8(6-12)9(2)10(7-13)11(3,4)5/h6,12-13H,7H2,1-5H3/b8-6?,10-9+. The van der Waals surface area contributed by atoms with Crippen molar-refractivity contribution in [1.82, 2.24) is 0 Å². The van der Waals surface area contributed by atoms with Gasteiger partial charge >= 0.3 is 0 Å². The molecular formula is C11H20O2. The zero-order valence-corrected chi connectivity index (χ0v) is 9.18. The molecule has 0 aliphatic carbocycles. The summed E-state index contributed by atoms with van der Waals surface area (Å²) in [6, 6.07) is 0. The average molecular weight is 184 g/mol. The second-order valence-corrected chi connectivity index (χ2v) is 4.32. The summed E-state index contributed by atoms with van der Waals surface area (Å²) in [6.45, 7) is 9.93. The molecular weight excluding hydrogens is 164 g/mol. The van der Waals surface area contributed by atoms with Crippen LogP contribution in [0.1, 0.15) is 34.6 Å².